The molecule has 0 amide bonds. The standard InChI is InChI=1S/C16H26FN3/c1-12(18)10-13-4-5-16(15(17)11-13)20(3)14-6-8-19(2)9-7-14/h4-5,11-12,14H,6-10,18H2,1-3H3. The highest BCUT2D eigenvalue weighted by molar-refractivity contribution is 5.49. The van der Waals surface area contributed by atoms with Gasteiger partial charge in [0.05, 0.1) is 5.69 Å². The van der Waals surface area contributed by atoms with Crippen LogP contribution in [0.3, 0.4) is 0 Å². The summed E-state index contributed by atoms with van der Waals surface area (Å²) in [4.78, 5) is 4.42. The molecule has 1 aromatic carbocycles. The van der Waals surface area contributed by atoms with E-state index < -0.39 is 0 Å². The number of benzene rings is 1. The average molecular weight is 279 g/mol. The number of hydrogen-bond acceptors (Lipinski definition) is 3. The number of hydrogen-bond donors (Lipinski definition) is 1. The molecule has 112 valence electrons. The van der Waals surface area contributed by atoms with Gasteiger partial charge in [0.1, 0.15) is 5.82 Å². The molecule has 0 spiro atoms. The third-order valence-electron chi connectivity index (χ3n) is 4.19. The second-order valence-electron chi connectivity index (χ2n) is 6.11. The van der Waals surface area contributed by atoms with E-state index in [-0.39, 0.29) is 11.9 Å². The zero-order valence-electron chi connectivity index (χ0n) is 12.8. The zero-order chi connectivity index (χ0) is 14.7. The average Bonchev–Trinajstić information content (AvgIpc) is 2.38. The molecule has 1 aliphatic heterocycles. The summed E-state index contributed by atoms with van der Waals surface area (Å²) in [5.74, 6) is -0.135. The molecule has 2 rings (SSSR count). The minimum atomic E-state index is -0.135. The van der Waals surface area contributed by atoms with Gasteiger partial charge in [-0.3, -0.25) is 0 Å². The Bertz CT molecular complexity index is 439. The number of nitrogens with zero attached hydrogens (tertiary/aromatic N) is 2. The Morgan fingerprint density at radius 1 is 1.40 bits per heavy atom. The molecular formula is C16H26FN3. The molecule has 3 nitrogen and oxygen atoms in total. The van der Waals surface area contributed by atoms with Crippen LogP contribution in [0.5, 0.6) is 0 Å². The SMILES string of the molecule is CC(N)Cc1ccc(N(C)C2CCN(C)CC2)c(F)c1. The van der Waals surface area contributed by atoms with Gasteiger partial charge in [0.25, 0.3) is 0 Å². The van der Waals surface area contributed by atoms with Crippen molar-refractivity contribution < 1.29 is 4.39 Å². The lowest BCUT2D eigenvalue weighted by molar-refractivity contribution is 0.252. The number of halogens is 1. The van der Waals surface area contributed by atoms with Crippen molar-refractivity contribution in [3.63, 3.8) is 0 Å². The van der Waals surface area contributed by atoms with E-state index in [0.29, 0.717) is 11.7 Å². The lowest BCUT2D eigenvalue weighted by atomic mass is 10.0. The molecule has 0 aromatic heterocycles. The second-order valence-corrected chi connectivity index (χ2v) is 6.11. The monoisotopic (exact) mass is 279 g/mol. The van der Waals surface area contributed by atoms with Crippen molar-refractivity contribution in [1.82, 2.24) is 4.90 Å². The van der Waals surface area contributed by atoms with Crippen LogP contribution in [0, 0.1) is 5.82 Å². The summed E-state index contributed by atoms with van der Waals surface area (Å²) in [5, 5.41) is 0. The van der Waals surface area contributed by atoms with E-state index in [4.69, 9.17) is 5.73 Å². The fraction of sp³-hybridized carbons (Fsp3) is 0.625. The number of nitrogens with two attached hydrogens (primary N) is 1. The molecule has 1 aromatic rings. The molecule has 2 N–H and O–H groups in total. The first-order chi connectivity index (χ1) is 9.47. The predicted octanol–water partition coefficient (Wildman–Crippen LogP) is 2.25. The summed E-state index contributed by atoms with van der Waals surface area (Å²) in [5.41, 5.74) is 7.44. The highest BCUT2D eigenvalue weighted by atomic mass is 19.1. The summed E-state index contributed by atoms with van der Waals surface area (Å²) in [6, 6.07) is 6.01. The second kappa shape index (κ2) is 6.55. The van der Waals surface area contributed by atoms with Gasteiger partial charge < -0.3 is 15.5 Å². The Kier molecular flexibility index (Phi) is 5.00. The smallest absolute Gasteiger partial charge is 0.146 e. The van der Waals surface area contributed by atoms with Crippen LogP contribution in [0.1, 0.15) is 25.3 Å². The van der Waals surface area contributed by atoms with Crippen molar-refractivity contribution in [3.8, 4) is 0 Å². The van der Waals surface area contributed by atoms with Crippen LogP contribution in [-0.2, 0) is 6.42 Å². The maximum Gasteiger partial charge on any atom is 0.146 e. The number of rotatable bonds is 4. The first-order valence-corrected chi connectivity index (χ1v) is 7.42. The summed E-state index contributed by atoms with van der Waals surface area (Å²) in [7, 11) is 4.14. The largest absolute Gasteiger partial charge is 0.369 e. The van der Waals surface area contributed by atoms with E-state index in [9.17, 15) is 4.39 Å². The molecule has 1 aliphatic rings. The van der Waals surface area contributed by atoms with Crippen molar-refractivity contribution in [1.29, 1.82) is 0 Å². The molecule has 0 radical (unpaired) electrons. The number of piperidine rings is 1. The van der Waals surface area contributed by atoms with Crippen molar-refractivity contribution in [2.75, 3.05) is 32.1 Å². The van der Waals surface area contributed by atoms with Crippen molar-refractivity contribution in [2.24, 2.45) is 5.73 Å². The lowest BCUT2D eigenvalue weighted by Gasteiger charge is -2.36. The van der Waals surface area contributed by atoms with Crippen LogP contribution in [0.2, 0.25) is 0 Å². The van der Waals surface area contributed by atoms with Gasteiger partial charge >= 0.3 is 0 Å². The zero-order valence-corrected chi connectivity index (χ0v) is 12.8. The van der Waals surface area contributed by atoms with Gasteiger partial charge in [0, 0.05) is 19.1 Å². The van der Waals surface area contributed by atoms with Crippen molar-refractivity contribution in [3.05, 3.63) is 29.6 Å². The van der Waals surface area contributed by atoms with Gasteiger partial charge in [0.2, 0.25) is 0 Å². The quantitative estimate of drug-likeness (QED) is 0.917. The van der Waals surface area contributed by atoms with Crippen LogP contribution in [0.25, 0.3) is 0 Å². The molecule has 1 heterocycles. The van der Waals surface area contributed by atoms with Crippen LogP contribution in [0.4, 0.5) is 10.1 Å². The summed E-state index contributed by atoms with van der Waals surface area (Å²) in [6.07, 6.45) is 2.90. The molecule has 0 aliphatic carbocycles. The van der Waals surface area contributed by atoms with E-state index in [2.05, 4.69) is 16.8 Å². The van der Waals surface area contributed by atoms with Gasteiger partial charge in [0.15, 0.2) is 0 Å². The summed E-state index contributed by atoms with van der Waals surface area (Å²) >= 11 is 0. The molecule has 0 bridgehead atoms. The van der Waals surface area contributed by atoms with E-state index in [0.717, 1.165) is 37.9 Å². The maximum absolute atomic E-state index is 14.3. The molecule has 20 heavy (non-hydrogen) atoms. The molecule has 1 atom stereocenters. The highest BCUT2D eigenvalue weighted by Gasteiger charge is 2.22. The molecule has 4 heteroatoms. The third-order valence-corrected chi connectivity index (χ3v) is 4.19. The fourth-order valence-electron chi connectivity index (χ4n) is 2.91. The first kappa shape index (κ1) is 15.3. The predicted molar refractivity (Wildman–Crippen MR) is 82.7 cm³/mol. The Morgan fingerprint density at radius 3 is 2.60 bits per heavy atom. The van der Waals surface area contributed by atoms with Gasteiger partial charge in [-0.15, -0.1) is 0 Å². The number of likely N-dealkylation sites (tertiary alicyclic amines) is 1. The summed E-state index contributed by atoms with van der Waals surface area (Å²) < 4.78 is 14.3. The third kappa shape index (κ3) is 3.70. The molecule has 1 saturated heterocycles. The van der Waals surface area contributed by atoms with E-state index in [1.165, 1.54) is 0 Å². The minimum absolute atomic E-state index is 0.0619. The first-order valence-electron chi connectivity index (χ1n) is 7.42. The molecule has 0 saturated carbocycles. The van der Waals surface area contributed by atoms with E-state index in [1.807, 2.05) is 26.1 Å². The highest BCUT2D eigenvalue weighted by Crippen LogP contribution is 2.25. The van der Waals surface area contributed by atoms with Gasteiger partial charge in [-0.25, -0.2) is 4.39 Å². The minimum Gasteiger partial charge on any atom is -0.369 e. The van der Waals surface area contributed by atoms with Crippen LogP contribution in [0.15, 0.2) is 18.2 Å². The summed E-state index contributed by atoms with van der Waals surface area (Å²) in [6.45, 7) is 4.11. The molecular weight excluding hydrogens is 253 g/mol. The van der Waals surface area contributed by atoms with E-state index in [1.54, 1.807) is 6.07 Å². The fourth-order valence-corrected chi connectivity index (χ4v) is 2.91. The van der Waals surface area contributed by atoms with Gasteiger partial charge in [-0.1, -0.05) is 6.07 Å². The molecule has 1 unspecified atom stereocenters. The van der Waals surface area contributed by atoms with Crippen LogP contribution < -0.4 is 10.6 Å². The number of anilines is 1. The van der Waals surface area contributed by atoms with Crippen LogP contribution in [-0.4, -0.2) is 44.2 Å². The van der Waals surface area contributed by atoms with Gasteiger partial charge in [-0.2, -0.15) is 0 Å². The Balaban J connectivity index is 2.08. The Labute approximate surface area is 121 Å². The Morgan fingerprint density at radius 2 is 2.05 bits per heavy atom. The van der Waals surface area contributed by atoms with Crippen LogP contribution >= 0.6 is 0 Å². The maximum atomic E-state index is 14.3. The van der Waals surface area contributed by atoms with Gasteiger partial charge in [-0.05, 0) is 64.0 Å². The van der Waals surface area contributed by atoms with Crippen molar-refractivity contribution in [2.45, 2.75) is 38.3 Å². The van der Waals surface area contributed by atoms with E-state index >= 15 is 0 Å². The topological polar surface area (TPSA) is 32.5 Å². The van der Waals surface area contributed by atoms with Crippen molar-refractivity contribution >= 4 is 5.69 Å². The normalized spacial score (nSPS) is 19.1. The lowest BCUT2D eigenvalue weighted by Crippen LogP contribution is -2.42. The Hall–Kier alpha value is -1.13. The molecule has 1 fully saturated rings.